The molecule has 0 amide bonds. The number of benzene rings is 1. The van der Waals surface area contributed by atoms with Crippen LogP contribution in [0.25, 0.3) is 0 Å². The molecular formula is C11H13O3-. The third kappa shape index (κ3) is 1.71. The highest BCUT2D eigenvalue weighted by atomic mass is 16.4. The first-order valence-electron chi connectivity index (χ1n) is 4.49. The Morgan fingerprint density at radius 3 is 2.43 bits per heavy atom. The van der Waals surface area contributed by atoms with Crippen molar-refractivity contribution in [1.29, 1.82) is 0 Å². The summed E-state index contributed by atoms with van der Waals surface area (Å²) in [6.45, 7) is 5.37. The van der Waals surface area contributed by atoms with Crippen molar-refractivity contribution >= 4 is 5.97 Å². The molecule has 3 nitrogen and oxygen atoms in total. The van der Waals surface area contributed by atoms with E-state index in [0.29, 0.717) is 11.1 Å². The molecular weight excluding hydrogens is 180 g/mol. The Balaban J connectivity index is 3.45. The first-order valence-corrected chi connectivity index (χ1v) is 4.49. The lowest BCUT2D eigenvalue weighted by molar-refractivity contribution is -0.269. The van der Waals surface area contributed by atoms with Gasteiger partial charge in [-0.25, -0.2) is 4.79 Å². The van der Waals surface area contributed by atoms with Crippen LogP contribution in [-0.4, -0.2) is 11.1 Å². The Kier molecular flexibility index (Phi) is 2.79. The van der Waals surface area contributed by atoms with Crippen molar-refractivity contribution in [2.24, 2.45) is 0 Å². The second-order valence-corrected chi connectivity index (χ2v) is 3.64. The fourth-order valence-electron chi connectivity index (χ4n) is 1.40. The second kappa shape index (κ2) is 3.70. The van der Waals surface area contributed by atoms with E-state index in [4.69, 9.17) is 5.11 Å². The average molecular weight is 193 g/mol. The van der Waals surface area contributed by atoms with E-state index >= 15 is 0 Å². The zero-order chi connectivity index (χ0) is 10.9. The van der Waals surface area contributed by atoms with Gasteiger partial charge in [-0.3, -0.25) is 0 Å². The molecule has 3 heteroatoms. The highest BCUT2D eigenvalue weighted by molar-refractivity contribution is 5.93. The van der Waals surface area contributed by atoms with E-state index in [1.54, 1.807) is 19.1 Å². The summed E-state index contributed by atoms with van der Waals surface area (Å²) in [5, 5.41) is 20.5. The first kappa shape index (κ1) is 10.6. The third-order valence-corrected chi connectivity index (χ3v) is 2.22. The van der Waals surface area contributed by atoms with E-state index in [1.165, 1.54) is 0 Å². The van der Waals surface area contributed by atoms with Gasteiger partial charge in [-0.05, 0) is 18.4 Å². The molecule has 0 fully saturated rings. The Bertz CT molecular complexity index is 367. The monoisotopic (exact) mass is 193 g/mol. The van der Waals surface area contributed by atoms with Crippen LogP contribution in [0, 0.1) is 6.92 Å². The van der Waals surface area contributed by atoms with Gasteiger partial charge in [-0.15, -0.1) is 0 Å². The van der Waals surface area contributed by atoms with E-state index in [-0.39, 0.29) is 17.2 Å². The van der Waals surface area contributed by atoms with E-state index in [2.05, 4.69) is 0 Å². The van der Waals surface area contributed by atoms with Crippen LogP contribution in [0.5, 0.6) is 5.75 Å². The van der Waals surface area contributed by atoms with Gasteiger partial charge in [-0.1, -0.05) is 37.3 Å². The second-order valence-electron chi connectivity index (χ2n) is 3.64. The Labute approximate surface area is 83.0 Å². The van der Waals surface area contributed by atoms with Gasteiger partial charge in [0.15, 0.2) is 0 Å². The average Bonchev–Trinajstić information content (AvgIpc) is 2.08. The van der Waals surface area contributed by atoms with Gasteiger partial charge in [0.1, 0.15) is 0 Å². The molecule has 1 rings (SSSR count). The quantitative estimate of drug-likeness (QED) is 0.780. The zero-order valence-corrected chi connectivity index (χ0v) is 8.50. The first-order chi connectivity index (χ1) is 6.45. The largest absolute Gasteiger partial charge is 0.872 e. The molecule has 0 heterocycles. The minimum atomic E-state index is -1.14. The minimum Gasteiger partial charge on any atom is -0.872 e. The van der Waals surface area contributed by atoms with Crippen LogP contribution in [0.3, 0.4) is 0 Å². The van der Waals surface area contributed by atoms with E-state index in [1.807, 2.05) is 13.8 Å². The van der Waals surface area contributed by atoms with Gasteiger partial charge in [0.25, 0.3) is 0 Å². The maximum absolute atomic E-state index is 11.6. The van der Waals surface area contributed by atoms with Crippen molar-refractivity contribution < 1.29 is 15.0 Å². The van der Waals surface area contributed by atoms with Gasteiger partial charge in [-0.2, -0.15) is 0 Å². The lowest BCUT2D eigenvalue weighted by Crippen LogP contribution is -2.10. The standard InChI is InChI=1S/C11H14O3/c1-6(2)8-5-4-7(3)10(12)9(8)11(13)14/h4-6,12H,1-3H3,(H,13,14)/p-1. The summed E-state index contributed by atoms with van der Waals surface area (Å²) in [7, 11) is 0. The zero-order valence-electron chi connectivity index (χ0n) is 8.50. The molecule has 0 spiro atoms. The van der Waals surface area contributed by atoms with Crippen molar-refractivity contribution in [3.8, 4) is 5.75 Å². The Morgan fingerprint density at radius 1 is 1.43 bits per heavy atom. The summed E-state index contributed by atoms with van der Waals surface area (Å²) in [4.78, 5) is 10.9. The van der Waals surface area contributed by atoms with Crippen LogP contribution < -0.4 is 5.11 Å². The van der Waals surface area contributed by atoms with Gasteiger partial charge in [0, 0.05) is 0 Å². The molecule has 14 heavy (non-hydrogen) atoms. The van der Waals surface area contributed by atoms with E-state index < -0.39 is 5.97 Å². The number of carbonyl (C=O) groups is 1. The number of rotatable bonds is 2. The molecule has 0 aromatic heterocycles. The van der Waals surface area contributed by atoms with Crippen LogP contribution in [0.1, 0.15) is 41.3 Å². The third-order valence-electron chi connectivity index (χ3n) is 2.22. The fraction of sp³-hybridized carbons (Fsp3) is 0.364. The highest BCUT2D eigenvalue weighted by Crippen LogP contribution is 2.28. The molecule has 0 aliphatic heterocycles. The normalized spacial score (nSPS) is 10.6. The number of aryl methyl sites for hydroxylation is 1. The maximum Gasteiger partial charge on any atom is 0.335 e. The molecule has 1 N–H and O–H groups in total. The molecule has 0 bridgehead atoms. The molecule has 1 aromatic carbocycles. The number of carboxylic acids is 1. The molecule has 0 atom stereocenters. The van der Waals surface area contributed by atoms with Crippen LogP contribution in [0.15, 0.2) is 12.1 Å². The summed E-state index contributed by atoms with van der Waals surface area (Å²) in [5.74, 6) is -1.46. The minimum absolute atomic E-state index is 0.0504. The molecule has 0 unspecified atom stereocenters. The van der Waals surface area contributed by atoms with Crippen molar-refractivity contribution in [3.05, 3.63) is 28.8 Å². The van der Waals surface area contributed by atoms with E-state index in [9.17, 15) is 9.90 Å². The lowest BCUT2D eigenvalue weighted by Gasteiger charge is -2.19. The van der Waals surface area contributed by atoms with Gasteiger partial charge in [0.05, 0.1) is 5.56 Å². The van der Waals surface area contributed by atoms with Gasteiger partial charge < -0.3 is 10.2 Å². The topological polar surface area (TPSA) is 60.4 Å². The lowest BCUT2D eigenvalue weighted by atomic mass is 9.94. The summed E-state index contributed by atoms with van der Waals surface area (Å²) in [6, 6.07) is 3.38. The van der Waals surface area contributed by atoms with Crippen molar-refractivity contribution in [1.82, 2.24) is 0 Å². The summed E-state index contributed by atoms with van der Waals surface area (Å²) >= 11 is 0. The molecule has 0 aliphatic rings. The summed E-state index contributed by atoms with van der Waals surface area (Å²) in [5.41, 5.74) is 1.000. The smallest absolute Gasteiger partial charge is 0.335 e. The maximum atomic E-state index is 11.6. The van der Waals surface area contributed by atoms with Crippen LogP contribution in [0.2, 0.25) is 0 Å². The summed E-state index contributed by atoms with van der Waals surface area (Å²) in [6.07, 6.45) is 0. The molecule has 0 saturated carbocycles. The predicted molar refractivity (Wildman–Crippen MR) is 51.7 cm³/mol. The SMILES string of the molecule is Cc1ccc(C(C)C)c(C(=O)O)c1[O-]. The molecule has 0 aliphatic carbocycles. The van der Waals surface area contributed by atoms with Gasteiger partial charge >= 0.3 is 5.97 Å². The van der Waals surface area contributed by atoms with Crippen LogP contribution >= 0.6 is 0 Å². The van der Waals surface area contributed by atoms with Crippen molar-refractivity contribution in [2.75, 3.05) is 0 Å². The van der Waals surface area contributed by atoms with Crippen LogP contribution in [-0.2, 0) is 0 Å². The number of hydrogen-bond acceptors (Lipinski definition) is 2. The molecule has 1 aromatic rings. The van der Waals surface area contributed by atoms with Gasteiger partial charge in [0.2, 0.25) is 0 Å². The molecule has 0 saturated heterocycles. The Hall–Kier alpha value is -1.51. The van der Waals surface area contributed by atoms with Crippen LogP contribution in [0.4, 0.5) is 0 Å². The Morgan fingerprint density at radius 2 is 2.00 bits per heavy atom. The van der Waals surface area contributed by atoms with Crippen molar-refractivity contribution in [2.45, 2.75) is 26.7 Å². The molecule has 0 radical (unpaired) electrons. The van der Waals surface area contributed by atoms with E-state index in [0.717, 1.165) is 0 Å². The number of carboxylic acid groups (broad SMARTS) is 1. The predicted octanol–water partition coefficient (Wildman–Crippen LogP) is 1.89. The number of aromatic carboxylic acids is 1. The fourth-order valence-corrected chi connectivity index (χ4v) is 1.40. The number of hydrogen-bond donors (Lipinski definition) is 1. The van der Waals surface area contributed by atoms with Crippen molar-refractivity contribution in [3.63, 3.8) is 0 Å². The highest BCUT2D eigenvalue weighted by Gasteiger charge is 2.14. The summed E-state index contributed by atoms with van der Waals surface area (Å²) < 4.78 is 0. The molecule has 76 valence electrons.